The molecule has 0 aliphatic carbocycles. The molecule has 1 aromatic rings. The first kappa shape index (κ1) is 16.1. The minimum atomic E-state index is -4.39. The van der Waals surface area contributed by atoms with Crippen molar-refractivity contribution in [3.05, 3.63) is 35.4 Å². The number of carbonyl (C=O) groups is 1. The first-order valence-corrected chi connectivity index (χ1v) is 7.88. The van der Waals surface area contributed by atoms with E-state index < -0.39 is 11.7 Å². The molecule has 7 heteroatoms. The van der Waals surface area contributed by atoms with Crippen molar-refractivity contribution in [2.45, 2.75) is 31.6 Å². The number of nitrogens with zero attached hydrogens (tertiary/aromatic N) is 2. The van der Waals surface area contributed by atoms with E-state index >= 15 is 0 Å². The number of amides is 2. The number of halogens is 3. The lowest BCUT2D eigenvalue weighted by atomic mass is 10.1. The van der Waals surface area contributed by atoms with Gasteiger partial charge < -0.3 is 15.1 Å². The number of piperidine rings is 1. The zero-order valence-corrected chi connectivity index (χ0v) is 12.8. The van der Waals surface area contributed by atoms with Gasteiger partial charge in [0.1, 0.15) is 0 Å². The average Bonchev–Trinajstić information content (AvgIpc) is 2.89. The van der Waals surface area contributed by atoms with E-state index in [1.807, 2.05) is 4.90 Å². The highest BCUT2D eigenvalue weighted by atomic mass is 19.4. The molecule has 0 aromatic heterocycles. The van der Waals surface area contributed by atoms with Gasteiger partial charge in [0.15, 0.2) is 0 Å². The maximum absolute atomic E-state index is 13.1. The molecule has 2 fully saturated rings. The standard InChI is InChI=1S/C16H20F3N3O/c17-16(18,19)14-4-2-1-3-12(14)11-21-9-10-22(15(21)23)13-5-7-20-8-6-13/h1-4,13,20H,5-11H2. The fraction of sp³-hybridized carbons (Fsp3) is 0.562. The molecule has 0 spiro atoms. The van der Waals surface area contributed by atoms with Crippen molar-refractivity contribution in [3.63, 3.8) is 0 Å². The Balaban J connectivity index is 1.71. The second kappa shape index (κ2) is 6.39. The average molecular weight is 327 g/mol. The van der Waals surface area contributed by atoms with Gasteiger partial charge in [0.05, 0.1) is 5.56 Å². The number of hydrogen-bond acceptors (Lipinski definition) is 2. The van der Waals surface area contributed by atoms with Crippen LogP contribution in [-0.2, 0) is 12.7 Å². The summed E-state index contributed by atoms with van der Waals surface area (Å²) < 4.78 is 39.2. The van der Waals surface area contributed by atoms with Gasteiger partial charge in [0, 0.05) is 25.7 Å². The van der Waals surface area contributed by atoms with Gasteiger partial charge in [-0.1, -0.05) is 18.2 Å². The van der Waals surface area contributed by atoms with Gasteiger partial charge in [0.25, 0.3) is 0 Å². The van der Waals surface area contributed by atoms with E-state index in [4.69, 9.17) is 0 Å². The lowest BCUT2D eigenvalue weighted by Crippen LogP contribution is -2.45. The van der Waals surface area contributed by atoms with Crippen molar-refractivity contribution in [1.82, 2.24) is 15.1 Å². The van der Waals surface area contributed by atoms with Crippen LogP contribution in [-0.4, -0.2) is 48.1 Å². The van der Waals surface area contributed by atoms with Crippen molar-refractivity contribution in [2.75, 3.05) is 26.2 Å². The molecule has 4 nitrogen and oxygen atoms in total. The molecule has 1 aromatic carbocycles. The molecule has 2 amide bonds. The summed E-state index contributed by atoms with van der Waals surface area (Å²) in [6, 6.07) is 5.53. The van der Waals surface area contributed by atoms with Crippen LogP contribution in [0.3, 0.4) is 0 Å². The van der Waals surface area contributed by atoms with Gasteiger partial charge in [-0.3, -0.25) is 0 Å². The van der Waals surface area contributed by atoms with Gasteiger partial charge in [0.2, 0.25) is 0 Å². The predicted octanol–water partition coefficient (Wildman–Crippen LogP) is 2.70. The molecule has 0 bridgehead atoms. The van der Waals surface area contributed by atoms with E-state index in [0.29, 0.717) is 13.1 Å². The maximum Gasteiger partial charge on any atom is 0.416 e. The van der Waals surface area contributed by atoms with Crippen LogP contribution in [0.25, 0.3) is 0 Å². The number of hydrogen-bond donors (Lipinski definition) is 1. The highest BCUT2D eigenvalue weighted by molar-refractivity contribution is 5.77. The Morgan fingerprint density at radius 1 is 1.13 bits per heavy atom. The smallest absolute Gasteiger partial charge is 0.320 e. The fourth-order valence-corrected chi connectivity index (χ4v) is 3.35. The summed E-state index contributed by atoms with van der Waals surface area (Å²) in [6.07, 6.45) is -2.59. The predicted molar refractivity (Wildman–Crippen MR) is 79.8 cm³/mol. The minimum Gasteiger partial charge on any atom is -0.320 e. The van der Waals surface area contributed by atoms with Crippen molar-refractivity contribution >= 4 is 6.03 Å². The van der Waals surface area contributed by atoms with Crippen LogP contribution in [0.5, 0.6) is 0 Å². The summed E-state index contributed by atoms with van der Waals surface area (Å²) in [4.78, 5) is 15.9. The number of carbonyl (C=O) groups excluding carboxylic acids is 1. The molecule has 2 heterocycles. The van der Waals surface area contributed by atoms with Gasteiger partial charge in [-0.25, -0.2) is 4.79 Å². The van der Waals surface area contributed by atoms with Crippen LogP contribution in [0, 0.1) is 0 Å². The number of alkyl halides is 3. The molecular formula is C16H20F3N3O. The van der Waals surface area contributed by atoms with Crippen LogP contribution in [0.4, 0.5) is 18.0 Å². The van der Waals surface area contributed by atoms with Crippen molar-refractivity contribution in [1.29, 1.82) is 0 Å². The normalized spacial score (nSPS) is 20.4. The van der Waals surface area contributed by atoms with Crippen LogP contribution < -0.4 is 5.32 Å². The Kier molecular flexibility index (Phi) is 4.48. The van der Waals surface area contributed by atoms with Gasteiger partial charge in [-0.05, 0) is 37.6 Å². The highest BCUT2D eigenvalue weighted by Gasteiger charge is 2.37. The molecule has 126 valence electrons. The van der Waals surface area contributed by atoms with Crippen LogP contribution in [0.15, 0.2) is 24.3 Å². The van der Waals surface area contributed by atoms with Gasteiger partial charge in [-0.2, -0.15) is 13.2 Å². The largest absolute Gasteiger partial charge is 0.416 e. The molecule has 0 unspecified atom stereocenters. The minimum absolute atomic E-state index is 0.00991. The molecule has 2 aliphatic rings. The molecule has 2 aliphatic heterocycles. The number of benzene rings is 1. The van der Waals surface area contributed by atoms with Crippen LogP contribution in [0.1, 0.15) is 24.0 Å². The number of rotatable bonds is 3. The zero-order chi connectivity index (χ0) is 16.4. The molecule has 0 radical (unpaired) electrons. The van der Waals surface area contributed by atoms with E-state index in [9.17, 15) is 18.0 Å². The number of nitrogens with one attached hydrogen (secondary N) is 1. The summed E-state index contributed by atoms with van der Waals surface area (Å²) in [6.45, 7) is 2.85. The third-order valence-electron chi connectivity index (χ3n) is 4.56. The first-order chi connectivity index (χ1) is 11.0. The van der Waals surface area contributed by atoms with Crippen molar-refractivity contribution < 1.29 is 18.0 Å². The quantitative estimate of drug-likeness (QED) is 0.926. The Labute approximate surface area is 133 Å². The van der Waals surface area contributed by atoms with Gasteiger partial charge >= 0.3 is 12.2 Å². The third-order valence-corrected chi connectivity index (χ3v) is 4.56. The summed E-state index contributed by atoms with van der Waals surface area (Å²) >= 11 is 0. The summed E-state index contributed by atoms with van der Waals surface area (Å²) in [5.74, 6) is 0. The Hall–Kier alpha value is -1.76. The number of urea groups is 1. The molecular weight excluding hydrogens is 307 g/mol. The first-order valence-electron chi connectivity index (χ1n) is 7.88. The maximum atomic E-state index is 13.1. The summed E-state index contributed by atoms with van der Waals surface area (Å²) in [7, 11) is 0. The molecule has 23 heavy (non-hydrogen) atoms. The fourth-order valence-electron chi connectivity index (χ4n) is 3.35. The van der Waals surface area contributed by atoms with E-state index in [1.54, 1.807) is 6.07 Å². The Bertz CT molecular complexity index is 570. The Morgan fingerprint density at radius 3 is 2.52 bits per heavy atom. The summed E-state index contributed by atoms with van der Waals surface area (Å²) in [5, 5.41) is 3.25. The third kappa shape index (κ3) is 3.44. The topological polar surface area (TPSA) is 35.6 Å². The monoisotopic (exact) mass is 327 g/mol. The van der Waals surface area contributed by atoms with E-state index in [1.165, 1.54) is 17.0 Å². The second-order valence-electron chi connectivity index (χ2n) is 6.03. The van der Waals surface area contributed by atoms with Crippen molar-refractivity contribution in [3.8, 4) is 0 Å². The van der Waals surface area contributed by atoms with E-state index in [0.717, 1.165) is 32.0 Å². The lowest BCUT2D eigenvalue weighted by molar-refractivity contribution is -0.138. The van der Waals surface area contributed by atoms with Crippen LogP contribution >= 0.6 is 0 Å². The molecule has 3 rings (SSSR count). The van der Waals surface area contributed by atoms with Crippen molar-refractivity contribution in [2.24, 2.45) is 0 Å². The highest BCUT2D eigenvalue weighted by Crippen LogP contribution is 2.33. The van der Waals surface area contributed by atoms with E-state index in [-0.39, 0.29) is 24.2 Å². The zero-order valence-electron chi connectivity index (χ0n) is 12.8. The van der Waals surface area contributed by atoms with Gasteiger partial charge in [-0.15, -0.1) is 0 Å². The second-order valence-corrected chi connectivity index (χ2v) is 6.03. The molecule has 0 saturated carbocycles. The Morgan fingerprint density at radius 2 is 1.83 bits per heavy atom. The molecule has 1 N–H and O–H groups in total. The molecule has 0 atom stereocenters. The molecule has 2 saturated heterocycles. The van der Waals surface area contributed by atoms with Crippen LogP contribution in [0.2, 0.25) is 0 Å². The SMILES string of the molecule is O=C1N(Cc2ccccc2C(F)(F)F)CCN1C1CCNCC1. The van der Waals surface area contributed by atoms with E-state index in [2.05, 4.69) is 5.32 Å². The lowest BCUT2D eigenvalue weighted by Gasteiger charge is -2.31. The summed E-state index contributed by atoms with van der Waals surface area (Å²) in [5.41, 5.74) is -0.506.